The number of hydrogen-bond acceptors (Lipinski definition) is 2. The Morgan fingerprint density at radius 2 is 1.52 bits per heavy atom. The molecule has 7 unspecified atom stereocenters. The normalized spacial score (nSPS) is 46.7. The lowest BCUT2D eigenvalue weighted by molar-refractivity contribution is -0.252. The zero-order valence-corrected chi connectivity index (χ0v) is 17.7. The van der Waals surface area contributed by atoms with Crippen molar-refractivity contribution in [2.75, 3.05) is 0 Å². The molecule has 2 bridgehead atoms. The monoisotopic (exact) mass is 346 g/mol. The van der Waals surface area contributed by atoms with E-state index >= 15 is 0 Å². The first-order chi connectivity index (χ1) is 11.2. The van der Waals surface area contributed by atoms with Crippen molar-refractivity contribution in [3.63, 3.8) is 0 Å². The Kier molecular flexibility index (Phi) is 3.32. The van der Waals surface area contributed by atoms with Crippen LogP contribution >= 0.6 is 0 Å². The second-order valence-electron chi connectivity index (χ2n) is 12.6. The van der Waals surface area contributed by atoms with Gasteiger partial charge in [0.2, 0.25) is 0 Å². The molecule has 0 aromatic heterocycles. The van der Waals surface area contributed by atoms with Crippen molar-refractivity contribution in [3.8, 4) is 0 Å². The fourth-order valence-corrected chi connectivity index (χ4v) is 7.49. The molecule has 4 rings (SSSR count). The van der Waals surface area contributed by atoms with E-state index in [4.69, 9.17) is 4.74 Å². The third kappa shape index (κ3) is 2.06. The first-order valence-corrected chi connectivity index (χ1v) is 10.5. The molecule has 25 heavy (non-hydrogen) atoms. The molecule has 4 fully saturated rings. The Morgan fingerprint density at radius 1 is 0.960 bits per heavy atom. The molecule has 7 atom stereocenters. The van der Waals surface area contributed by atoms with E-state index in [2.05, 4.69) is 55.4 Å². The number of ether oxygens (including phenoxy) is 1. The highest BCUT2D eigenvalue weighted by Gasteiger charge is 2.81. The smallest absolute Gasteiger partial charge is 0.312 e. The standard InChI is InChI=1S/C23H38O2/c1-19(2,3)13-21(7,20(4,5)6)18(24)25-22(8)16-10-14-9-15-11-17(22)23(14,15)12-16/h14-17H,9-13H2,1-8H3. The van der Waals surface area contributed by atoms with Crippen LogP contribution in [0.5, 0.6) is 0 Å². The minimum atomic E-state index is -0.448. The first-order valence-electron chi connectivity index (χ1n) is 10.5. The molecule has 4 aliphatic carbocycles. The molecule has 0 aliphatic heterocycles. The predicted molar refractivity (Wildman–Crippen MR) is 101 cm³/mol. The van der Waals surface area contributed by atoms with Gasteiger partial charge in [0, 0.05) is 5.92 Å². The number of esters is 1. The van der Waals surface area contributed by atoms with E-state index in [1.165, 1.54) is 25.7 Å². The molecule has 4 saturated carbocycles. The molecular formula is C23H38O2. The summed E-state index contributed by atoms with van der Waals surface area (Å²) in [6, 6.07) is 0. The van der Waals surface area contributed by atoms with Crippen molar-refractivity contribution < 1.29 is 9.53 Å². The lowest BCUT2D eigenvalue weighted by Crippen LogP contribution is -2.67. The van der Waals surface area contributed by atoms with Crippen LogP contribution in [0, 0.1) is 45.3 Å². The molecule has 2 heteroatoms. The van der Waals surface area contributed by atoms with Gasteiger partial charge >= 0.3 is 5.97 Å². The Balaban J connectivity index is 1.58. The molecule has 0 heterocycles. The van der Waals surface area contributed by atoms with Gasteiger partial charge in [0.15, 0.2) is 0 Å². The fraction of sp³-hybridized carbons (Fsp3) is 0.957. The molecule has 0 N–H and O–H groups in total. The van der Waals surface area contributed by atoms with Crippen LogP contribution in [0.15, 0.2) is 0 Å². The van der Waals surface area contributed by atoms with Gasteiger partial charge in [0.1, 0.15) is 5.60 Å². The summed E-state index contributed by atoms with van der Waals surface area (Å²) in [5, 5.41) is 0. The van der Waals surface area contributed by atoms with Gasteiger partial charge in [0.05, 0.1) is 5.41 Å². The van der Waals surface area contributed by atoms with Gasteiger partial charge in [-0.15, -0.1) is 0 Å². The third-order valence-electron chi connectivity index (χ3n) is 9.23. The summed E-state index contributed by atoms with van der Waals surface area (Å²) in [5.41, 5.74) is -0.0621. The summed E-state index contributed by atoms with van der Waals surface area (Å²) in [5.74, 6) is 3.22. The summed E-state index contributed by atoms with van der Waals surface area (Å²) in [4.78, 5) is 13.6. The zero-order valence-electron chi connectivity index (χ0n) is 17.7. The summed E-state index contributed by atoms with van der Waals surface area (Å²) in [6.45, 7) is 17.7. The van der Waals surface area contributed by atoms with Crippen LogP contribution in [0.4, 0.5) is 0 Å². The van der Waals surface area contributed by atoms with Crippen LogP contribution in [-0.2, 0) is 9.53 Å². The van der Waals surface area contributed by atoms with Crippen molar-refractivity contribution >= 4 is 5.97 Å². The third-order valence-corrected chi connectivity index (χ3v) is 9.23. The van der Waals surface area contributed by atoms with Crippen LogP contribution in [0.25, 0.3) is 0 Å². The Hall–Kier alpha value is -0.530. The summed E-state index contributed by atoms with van der Waals surface area (Å²) < 4.78 is 6.53. The van der Waals surface area contributed by atoms with Crippen LogP contribution < -0.4 is 0 Å². The van der Waals surface area contributed by atoms with Crippen molar-refractivity contribution in [1.82, 2.24) is 0 Å². The van der Waals surface area contributed by atoms with Gasteiger partial charge in [-0.3, -0.25) is 4.79 Å². The Labute approximate surface area is 154 Å². The number of hydrogen-bond donors (Lipinski definition) is 0. The van der Waals surface area contributed by atoms with Gasteiger partial charge in [-0.05, 0) is 80.0 Å². The van der Waals surface area contributed by atoms with Gasteiger partial charge in [-0.2, -0.15) is 0 Å². The van der Waals surface area contributed by atoms with Gasteiger partial charge in [-0.1, -0.05) is 41.5 Å². The minimum absolute atomic E-state index is 0.0562. The quantitative estimate of drug-likeness (QED) is 0.600. The van der Waals surface area contributed by atoms with E-state index in [0.29, 0.717) is 17.3 Å². The van der Waals surface area contributed by atoms with E-state index in [9.17, 15) is 4.79 Å². The maximum absolute atomic E-state index is 13.6. The Morgan fingerprint density at radius 3 is 2.00 bits per heavy atom. The number of fused-ring (bicyclic) bond motifs is 1. The van der Waals surface area contributed by atoms with E-state index in [1.54, 1.807) is 0 Å². The molecule has 0 saturated heterocycles. The van der Waals surface area contributed by atoms with Crippen molar-refractivity contribution in [3.05, 3.63) is 0 Å². The van der Waals surface area contributed by atoms with E-state index in [1.807, 2.05) is 0 Å². The largest absolute Gasteiger partial charge is 0.458 e. The summed E-state index contributed by atoms with van der Waals surface area (Å²) in [6.07, 6.45) is 6.28. The van der Waals surface area contributed by atoms with Crippen molar-refractivity contribution in [1.29, 1.82) is 0 Å². The first kappa shape index (κ1) is 17.9. The topological polar surface area (TPSA) is 26.3 Å². The van der Waals surface area contributed by atoms with Gasteiger partial charge < -0.3 is 4.74 Å². The van der Waals surface area contributed by atoms with Crippen molar-refractivity contribution in [2.24, 2.45) is 45.3 Å². The van der Waals surface area contributed by atoms with E-state index < -0.39 is 5.41 Å². The summed E-state index contributed by atoms with van der Waals surface area (Å²) >= 11 is 0. The molecule has 2 nitrogen and oxygen atoms in total. The molecule has 0 aromatic rings. The molecule has 0 amide bonds. The second-order valence-corrected chi connectivity index (χ2v) is 12.6. The number of carbonyl (C=O) groups is 1. The molecule has 1 spiro atoms. The predicted octanol–water partition coefficient (Wildman–Crippen LogP) is 5.84. The van der Waals surface area contributed by atoms with Crippen LogP contribution in [0.3, 0.4) is 0 Å². The highest BCUT2D eigenvalue weighted by molar-refractivity contribution is 5.78. The van der Waals surface area contributed by atoms with Crippen LogP contribution in [0.1, 0.15) is 87.5 Å². The average Bonchev–Trinajstić information content (AvgIpc) is 2.86. The maximum atomic E-state index is 13.6. The number of rotatable bonds is 3. The SMILES string of the molecule is CC(C)(C)CC(C)(C(=O)OC1(C)C2CC3CC4CC1C34C2)C(C)(C)C. The van der Waals surface area contributed by atoms with Gasteiger partial charge in [-0.25, -0.2) is 0 Å². The molecule has 0 radical (unpaired) electrons. The average molecular weight is 347 g/mol. The fourth-order valence-electron chi connectivity index (χ4n) is 7.49. The number of carbonyl (C=O) groups excluding carboxylic acids is 1. The lowest BCUT2D eigenvalue weighted by atomic mass is 9.36. The molecule has 4 aliphatic rings. The summed E-state index contributed by atoms with van der Waals surface area (Å²) in [7, 11) is 0. The van der Waals surface area contributed by atoms with Crippen LogP contribution in [-0.4, -0.2) is 11.6 Å². The molecule has 0 aromatic carbocycles. The lowest BCUT2D eigenvalue weighted by Gasteiger charge is -2.69. The second kappa shape index (κ2) is 4.65. The van der Waals surface area contributed by atoms with Crippen molar-refractivity contribution in [2.45, 2.75) is 93.1 Å². The Bertz CT molecular complexity index is 609. The minimum Gasteiger partial charge on any atom is -0.458 e. The van der Waals surface area contributed by atoms with Crippen LogP contribution in [0.2, 0.25) is 0 Å². The molecular weight excluding hydrogens is 308 g/mol. The van der Waals surface area contributed by atoms with E-state index in [-0.39, 0.29) is 22.4 Å². The zero-order chi connectivity index (χ0) is 18.6. The maximum Gasteiger partial charge on any atom is 0.312 e. The van der Waals surface area contributed by atoms with Gasteiger partial charge in [0.25, 0.3) is 0 Å². The van der Waals surface area contributed by atoms with E-state index in [0.717, 1.165) is 18.3 Å². The molecule has 142 valence electrons. The highest BCUT2D eigenvalue weighted by atomic mass is 16.6. The highest BCUT2D eigenvalue weighted by Crippen LogP contribution is 2.84.